The number of pyridine rings is 1. The number of sulfone groups is 1. The topological polar surface area (TPSA) is 76.6 Å². The Balaban J connectivity index is 1.35. The van der Waals surface area contributed by atoms with Gasteiger partial charge in [0, 0.05) is 38.0 Å². The van der Waals surface area contributed by atoms with E-state index in [1.807, 2.05) is 4.90 Å². The van der Waals surface area contributed by atoms with E-state index in [1.165, 1.54) is 24.9 Å². The van der Waals surface area contributed by atoms with Crippen molar-refractivity contribution in [2.75, 3.05) is 26.0 Å². The third-order valence-electron chi connectivity index (χ3n) is 6.03. The molecule has 1 aromatic heterocycles. The molecule has 0 bridgehead atoms. The van der Waals surface area contributed by atoms with Crippen LogP contribution in [-0.4, -0.2) is 50.2 Å². The normalized spacial score (nSPS) is 23.1. The predicted octanol–water partition coefficient (Wildman–Crippen LogP) is 3.56. The summed E-state index contributed by atoms with van der Waals surface area (Å²) in [7, 11) is -3.22. The van der Waals surface area contributed by atoms with Crippen LogP contribution in [0.1, 0.15) is 52.9 Å². The smallest absolute Gasteiger partial charge is 0.223 e. The van der Waals surface area contributed by atoms with Crippen molar-refractivity contribution in [2.24, 2.45) is 23.2 Å². The zero-order chi connectivity index (χ0) is 21.2. The molecule has 2 heterocycles. The minimum Gasteiger partial charge on any atom is -0.478 e. The Morgan fingerprint density at radius 2 is 1.93 bits per heavy atom. The number of piperidine rings is 1. The van der Waals surface area contributed by atoms with Crippen molar-refractivity contribution in [3.8, 4) is 5.88 Å². The van der Waals surface area contributed by atoms with Gasteiger partial charge in [0.05, 0.1) is 11.5 Å². The number of rotatable bonds is 7. The second-order valence-corrected chi connectivity index (χ2v) is 11.9. The molecule has 3 rings (SSSR count). The molecule has 2 aliphatic rings. The zero-order valence-corrected chi connectivity index (χ0v) is 18.9. The molecule has 1 aliphatic heterocycles. The number of carbonyl (C=O) groups excluding carboxylic acids is 1. The van der Waals surface area contributed by atoms with Crippen LogP contribution in [0, 0.1) is 23.2 Å². The van der Waals surface area contributed by atoms with Crippen LogP contribution >= 0.6 is 0 Å². The molecule has 7 heteroatoms. The summed E-state index contributed by atoms with van der Waals surface area (Å²) in [4.78, 5) is 18.7. The minimum atomic E-state index is -3.22. The highest BCUT2D eigenvalue weighted by atomic mass is 32.2. The molecule has 0 aromatic carbocycles. The lowest BCUT2D eigenvalue weighted by molar-refractivity contribution is -0.134. The number of hydrogen-bond donors (Lipinski definition) is 0. The molecule has 1 unspecified atom stereocenters. The Hall–Kier alpha value is -1.63. The van der Waals surface area contributed by atoms with Gasteiger partial charge < -0.3 is 9.64 Å². The van der Waals surface area contributed by atoms with Crippen molar-refractivity contribution >= 4 is 15.7 Å². The number of nitrogens with zero attached hydrogens (tertiary/aromatic N) is 2. The average Bonchev–Trinajstić information content (AvgIpc) is 3.40. The fraction of sp³-hybridized carbons (Fsp3) is 0.727. The van der Waals surface area contributed by atoms with E-state index in [0.717, 1.165) is 44.2 Å². The summed E-state index contributed by atoms with van der Waals surface area (Å²) in [6, 6.07) is 3.15. The van der Waals surface area contributed by atoms with Crippen LogP contribution in [0.25, 0.3) is 0 Å². The Morgan fingerprint density at radius 3 is 2.48 bits per heavy atom. The molecule has 1 saturated heterocycles. The summed E-state index contributed by atoms with van der Waals surface area (Å²) in [5.74, 6) is 2.96. The Kier molecular flexibility index (Phi) is 6.56. The summed E-state index contributed by atoms with van der Waals surface area (Å²) in [6.45, 7) is 8.75. The molecular weight excluding hydrogens is 388 g/mol. The third-order valence-corrected chi connectivity index (χ3v) is 7.13. The largest absolute Gasteiger partial charge is 0.478 e. The van der Waals surface area contributed by atoms with Gasteiger partial charge in [0.15, 0.2) is 9.84 Å². The monoisotopic (exact) mass is 422 g/mol. The van der Waals surface area contributed by atoms with Gasteiger partial charge in [-0.1, -0.05) is 20.8 Å². The second-order valence-electron chi connectivity index (χ2n) is 9.86. The third kappa shape index (κ3) is 6.43. The summed E-state index contributed by atoms with van der Waals surface area (Å²) in [6.07, 6.45) is 7.63. The van der Waals surface area contributed by atoms with E-state index in [2.05, 4.69) is 25.8 Å². The SMILES string of the molecule is CC(C)(C)CC(=O)N1CCC(C2C[C@H]2CCOc2ccc(S(C)(=O)=O)cn2)CC1. The molecule has 1 saturated carbocycles. The first-order valence-electron chi connectivity index (χ1n) is 10.6. The molecule has 2 atom stereocenters. The maximum absolute atomic E-state index is 12.4. The Bertz CT molecular complexity index is 806. The summed E-state index contributed by atoms with van der Waals surface area (Å²) in [5, 5.41) is 0. The molecule has 0 spiro atoms. The summed E-state index contributed by atoms with van der Waals surface area (Å²) >= 11 is 0. The number of carbonyl (C=O) groups is 1. The van der Waals surface area contributed by atoms with Gasteiger partial charge in [-0.3, -0.25) is 4.79 Å². The van der Waals surface area contributed by atoms with Crippen LogP contribution in [0.2, 0.25) is 0 Å². The van der Waals surface area contributed by atoms with Gasteiger partial charge in [0.1, 0.15) is 0 Å². The maximum Gasteiger partial charge on any atom is 0.223 e. The molecular formula is C22H34N2O4S. The fourth-order valence-electron chi connectivity index (χ4n) is 4.31. The Labute approximate surface area is 175 Å². The number of aromatic nitrogens is 1. The minimum absolute atomic E-state index is 0.0511. The van der Waals surface area contributed by atoms with E-state index < -0.39 is 9.84 Å². The van der Waals surface area contributed by atoms with E-state index in [1.54, 1.807) is 6.07 Å². The fourth-order valence-corrected chi connectivity index (χ4v) is 4.87. The van der Waals surface area contributed by atoms with E-state index in [0.29, 0.717) is 30.7 Å². The van der Waals surface area contributed by atoms with Crippen molar-refractivity contribution in [3.63, 3.8) is 0 Å². The van der Waals surface area contributed by atoms with Crippen LogP contribution < -0.4 is 4.74 Å². The zero-order valence-electron chi connectivity index (χ0n) is 18.1. The first kappa shape index (κ1) is 22.1. The molecule has 0 radical (unpaired) electrons. The number of hydrogen-bond acceptors (Lipinski definition) is 5. The quantitative estimate of drug-likeness (QED) is 0.671. The van der Waals surface area contributed by atoms with Crippen molar-refractivity contribution in [2.45, 2.75) is 57.8 Å². The standard InChI is InChI=1S/C22H34N2O4S/c1-22(2,3)14-21(25)24-10-7-16(8-11-24)19-13-17(19)9-12-28-20-6-5-18(15-23-20)29(4,26)27/h5-6,15-17,19H,7-14H2,1-4H3/t17-,19?/m1/s1. The van der Waals surface area contributed by atoms with Crippen LogP contribution in [0.3, 0.4) is 0 Å². The second kappa shape index (κ2) is 8.62. The van der Waals surface area contributed by atoms with E-state index in [4.69, 9.17) is 4.74 Å². The molecule has 1 amide bonds. The highest BCUT2D eigenvalue weighted by Gasteiger charge is 2.43. The van der Waals surface area contributed by atoms with Crippen LogP contribution in [0.5, 0.6) is 5.88 Å². The molecule has 2 fully saturated rings. The molecule has 29 heavy (non-hydrogen) atoms. The number of ether oxygens (including phenoxy) is 1. The summed E-state index contributed by atoms with van der Waals surface area (Å²) < 4.78 is 28.6. The van der Waals surface area contributed by atoms with Crippen molar-refractivity contribution in [3.05, 3.63) is 18.3 Å². The van der Waals surface area contributed by atoms with Crippen molar-refractivity contribution in [1.29, 1.82) is 0 Å². The van der Waals surface area contributed by atoms with Gasteiger partial charge in [-0.15, -0.1) is 0 Å². The highest BCUT2D eigenvalue weighted by Crippen LogP contribution is 2.49. The van der Waals surface area contributed by atoms with Crippen LogP contribution in [0.4, 0.5) is 0 Å². The first-order chi connectivity index (χ1) is 13.5. The highest BCUT2D eigenvalue weighted by molar-refractivity contribution is 7.90. The van der Waals surface area contributed by atoms with Crippen LogP contribution in [-0.2, 0) is 14.6 Å². The number of amides is 1. The van der Waals surface area contributed by atoms with Crippen LogP contribution in [0.15, 0.2) is 23.2 Å². The number of likely N-dealkylation sites (tertiary alicyclic amines) is 1. The lowest BCUT2D eigenvalue weighted by atomic mass is 9.88. The van der Waals surface area contributed by atoms with Gasteiger partial charge in [0.2, 0.25) is 11.8 Å². The lowest BCUT2D eigenvalue weighted by Gasteiger charge is -2.34. The van der Waals surface area contributed by atoms with Crippen molar-refractivity contribution < 1.29 is 17.9 Å². The first-order valence-corrected chi connectivity index (χ1v) is 12.5. The Morgan fingerprint density at radius 1 is 1.24 bits per heavy atom. The van der Waals surface area contributed by atoms with Gasteiger partial charge in [-0.2, -0.15) is 0 Å². The maximum atomic E-state index is 12.4. The van der Waals surface area contributed by atoms with Gasteiger partial charge in [0.25, 0.3) is 0 Å². The predicted molar refractivity (Wildman–Crippen MR) is 112 cm³/mol. The van der Waals surface area contributed by atoms with E-state index in [9.17, 15) is 13.2 Å². The average molecular weight is 423 g/mol. The van der Waals surface area contributed by atoms with E-state index in [-0.39, 0.29) is 10.3 Å². The lowest BCUT2D eigenvalue weighted by Crippen LogP contribution is -2.40. The summed E-state index contributed by atoms with van der Waals surface area (Å²) in [5.41, 5.74) is 0.0511. The molecule has 6 nitrogen and oxygen atoms in total. The molecule has 0 N–H and O–H groups in total. The van der Waals surface area contributed by atoms with E-state index >= 15 is 0 Å². The molecule has 1 aliphatic carbocycles. The van der Waals surface area contributed by atoms with Gasteiger partial charge in [-0.05, 0) is 54.9 Å². The van der Waals surface area contributed by atoms with Gasteiger partial charge in [-0.25, -0.2) is 13.4 Å². The molecule has 162 valence electrons. The molecule has 1 aromatic rings. The van der Waals surface area contributed by atoms with Crippen molar-refractivity contribution in [1.82, 2.24) is 9.88 Å². The van der Waals surface area contributed by atoms with Gasteiger partial charge >= 0.3 is 0 Å².